The standard InChI is InChI=1S/C16H30N2/c1-6-8-11-16(4,5)12-9-10-15(13-17)14(3)18-7-2/h7,13,17H,6,8-12H2,1-5H3/b15-14-,17-13?,18-7-. The van der Waals surface area contributed by atoms with Crippen LogP contribution in [0.5, 0.6) is 0 Å². The number of allylic oxidation sites excluding steroid dienone is 2. The minimum Gasteiger partial charge on any atom is -0.308 e. The molecule has 0 aliphatic carbocycles. The van der Waals surface area contributed by atoms with Gasteiger partial charge in [0, 0.05) is 18.1 Å². The number of aliphatic imine (C=N–C) groups is 1. The summed E-state index contributed by atoms with van der Waals surface area (Å²) in [5, 5.41) is 7.46. The first-order valence-electron chi connectivity index (χ1n) is 7.15. The number of nitrogens with one attached hydrogen (secondary N) is 1. The van der Waals surface area contributed by atoms with Gasteiger partial charge < -0.3 is 5.41 Å². The van der Waals surface area contributed by atoms with E-state index in [0.717, 1.165) is 24.1 Å². The summed E-state index contributed by atoms with van der Waals surface area (Å²) in [6.45, 7) is 10.9. The lowest BCUT2D eigenvalue weighted by Crippen LogP contribution is -2.11. The van der Waals surface area contributed by atoms with E-state index in [1.165, 1.54) is 31.9 Å². The van der Waals surface area contributed by atoms with Crippen LogP contribution in [-0.2, 0) is 0 Å². The molecule has 0 atom stereocenters. The Morgan fingerprint density at radius 1 is 1.22 bits per heavy atom. The van der Waals surface area contributed by atoms with Crippen molar-refractivity contribution < 1.29 is 0 Å². The molecule has 0 aliphatic rings. The molecular weight excluding hydrogens is 220 g/mol. The van der Waals surface area contributed by atoms with Crippen molar-refractivity contribution in [3.8, 4) is 0 Å². The summed E-state index contributed by atoms with van der Waals surface area (Å²) in [5.41, 5.74) is 2.49. The van der Waals surface area contributed by atoms with E-state index in [4.69, 9.17) is 5.41 Å². The van der Waals surface area contributed by atoms with Crippen molar-refractivity contribution >= 4 is 12.4 Å². The Bertz CT molecular complexity index is 298. The third kappa shape index (κ3) is 7.41. The Balaban J connectivity index is 4.23. The van der Waals surface area contributed by atoms with Crippen LogP contribution in [0.1, 0.15) is 73.1 Å². The third-order valence-electron chi connectivity index (χ3n) is 3.47. The average molecular weight is 250 g/mol. The van der Waals surface area contributed by atoms with E-state index >= 15 is 0 Å². The predicted molar refractivity (Wildman–Crippen MR) is 82.8 cm³/mol. The van der Waals surface area contributed by atoms with Crippen LogP contribution in [0.15, 0.2) is 16.3 Å². The van der Waals surface area contributed by atoms with Crippen molar-refractivity contribution in [2.75, 3.05) is 0 Å². The summed E-state index contributed by atoms with van der Waals surface area (Å²) >= 11 is 0. The van der Waals surface area contributed by atoms with Crippen LogP contribution in [0, 0.1) is 10.8 Å². The molecule has 0 aromatic carbocycles. The van der Waals surface area contributed by atoms with Gasteiger partial charge in [-0.25, -0.2) is 0 Å². The van der Waals surface area contributed by atoms with E-state index in [2.05, 4.69) is 25.8 Å². The van der Waals surface area contributed by atoms with Gasteiger partial charge in [-0.1, -0.05) is 33.6 Å². The predicted octanol–water partition coefficient (Wildman–Crippen LogP) is 5.39. The summed E-state index contributed by atoms with van der Waals surface area (Å²) in [4.78, 5) is 4.26. The minimum absolute atomic E-state index is 0.436. The molecule has 0 radical (unpaired) electrons. The SMILES string of the molecule is C/C=N\C(C)=C(/C=N)CCCC(C)(C)CCCC. The lowest BCUT2D eigenvalue weighted by atomic mass is 9.82. The zero-order valence-electron chi connectivity index (χ0n) is 12.8. The molecule has 0 amide bonds. The number of rotatable bonds is 9. The fraction of sp³-hybridized carbons (Fsp3) is 0.750. The second kappa shape index (κ2) is 9.07. The van der Waals surface area contributed by atoms with Gasteiger partial charge in [0.15, 0.2) is 0 Å². The largest absolute Gasteiger partial charge is 0.308 e. The fourth-order valence-corrected chi connectivity index (χ4v) is 2.17. The smallest absolute Gasteiger partial charge is 0.0415 e. The van der Waals surface area contributed by atoms with Crippen molar-refractivity contribution in [2.24, 2.45) is 10.4 Å². The lowest BCUT2D eigenvalue weighted by molar-refractivity contribution is 0.290. The normalized spacial score (nSPS) is 13.8. The molecule has 0 rings (SSSR count). The van der Waals surface area contributed by atoms with Crippen molar-refractivity contribution in [1.29, 1.82) is 5.41 Å². The maximum atomic E-state index is 7.46. The molecule has 0 saturated carbocycles. The Morgan fingerprint density at radius 3 is 2.33 bits per heavy atom. The minimum atomic E-state index is 0.436. The molecule has 18 heavy (non-hydrogen) atoms. The molecule has 2 nitrogen and oxygen atoms in total. The second-order valence-corrected chi connectivity index (χ2v) is 5.76. The average Bonchev–Trinajstić information content (AvgIpc) is 2.32. The van der Waals surface area contributed by atoms with Crippen LogP contribution < -0.4 is 0 Å². The summed E-state index contributed by atoms with van der Waals surface area (Å²) in [7, 11) is 0. The van der Waals surface area contributed by atoms with Gasteiger partial charge in [0.2, 0.25) is 0 Å². The van der Waals surface area contributed by atoms with Crippen molar-refractivity contribution in [3.63, 3.8) is 0 Å². The van der Waals surface area contributed by atoms with E-state index in [1.807, 2.05) is 13.8 Å². The maximum Gasteiger partial charge on any atom is 0.0415 e. The molecule has 104 valence electrons. The van der Waals surface area contributed by atoms with Gasteiger partial charge in [0.1, 0.15) is 0 Å². The fourth-order valence-electron chi connectivity index (χ4n) is 2.17. The molecule has 1 N–H and O–H groups in total. The van der Waals surface area contributed by atoms with Gasteiger partial charge in [-0.3, -0.25) is 4.99 Å². The molecule has 0 aromatic rings. The van der Waals surface area contributed by atoms with E-state index in [0.29, 0.717) is 5.41 Å². The maximum absolute atomic E-state index is 7.46. The molecular formula is C16H30N2. The first-order chi connectivity index (χ1) is 8.46. The van der Waals surface area contributed by atoms with Crippen molar-refractivity contribution in [1.82, 2.24) is 0 Å². The lowest BCUT2D eigenvalue weighted by Gasteiger charge is -2.24. The highest BCUT2D eigenvalue weighted by Gasteiger charge is 2.16. The van der Waals surface area contributed by atoms with E-state index in [9.17, 15) is 0 Å². The number of unbranched alkanes of at least 4 members (excludes halogenated alkanes) is 1. The van der Waals surface area contributed by atoms with Gasteiger partial charge in [-0.2, -0.15) is 0 Å². The first-order valence-corrected chi connectivity index (χ1v) is 7.15. The van der Waals surface area contributed by atoms with E-state index < -0.39 is 0 Å². The van der Waals surface area contributed by atoms with Crippen LogP contribution in [0.25, 0.3) is 0 Å². The van der Waals surface area contributed by atoms with Crippen LogP contribution in [0.4, 0.5) is 0 Å². The summed E-state index contributed by atoms with van der Waals surface area (Å²) in [5.74, 6) is 0. The topological polar surface area (TPSA) is 36.2 Å². The van der Waals surface area contributed by atoms with Crippen LogP contribution >= 0.6 is 0 Å². The summed E-state index contributed by atoms with van der Waals surface area (Å²) in [6, 6.07) is 0. The van der Waals surface area contributed by atoms with Crippen LogP contribution in [0.2, 0.25) is 0 Å². The van der Waals surface area contributed by atoms with Gasteiger partial charge in [0.25, 0.3) is 0 Å². The Morgan fingerprint density at radius 2 is 1.83 bits per heavy atom. The van der Waals surface area contributed by atoms with Crippen molar-refractivity contribution in [2.45, 2.75) is 73.1 Å². The molecule has 0 heterocycles. The number of nitrogens with zero attached hydrogens (tertiary/aromatic N) is 1. The highest BCUT2D eigenvalue weighted by atomic mass is 14.7. The Labute approximate surface area is 113 Å². The molecule has 0 aliphatic heterocycles. The van der Waals surface area contributed by atoms with Crippen molar-refractivity contribution in [3.05, 3.63) is 11.3 Å². The highest BCUT2D eigenvalue weighted by Crippen LogP contribution is 2.30. The molecule has 0 unspecified atom stereocenters. The number of hydrogen-bond acceptors (Lipinski definition) is 2. The van der Waals surface area contributed by atoms with Gasteiger partial charge >= 0.3 is 0 Å². The highest BCUT2D eigenvalue weighted by molar-refractivity contribution is 5.77. The second-order valence-electron chi connectivity index (χ2n) is 5.76. The van der Waals surface area contributed by atoms with Gasteiger partial charge in [-0.05, 0) is 50.5 Å². The van der Waals surface area contributed by atoms with Gasteiger partial charge in [-0.15, -0.1) is 0 Å². The third-order valence-corrected chi connectivity index (χ3v) is 3.47. The zero-order valence-corrected chi connectivity index (χ0v) is 12.8. The summed E-state index contributed by atoms with van der Waals surface area (Å²) < 4.78 is 0. The summed E-state index contributed by atoms with van der Waals surface area (Å²) in [6.07, 6.45) is 10.5. The monoisotopic (exact) mass is 250 g/mol. The van der Waals surface area contributed by atoms with E-state index in [-0.39, 0.29) is 0 Å². The van der Waals surface area contributed by atoms with Crippen LogP contribution in [-0.4, -0.2) is 12.4 Å². The van der Waals surface area contributed by atoms with Gasteiger partial charge in [0.05, 0.1) is 0 Å². The Hall–Kier alpha value is -0.920. The zero-order chi connectivity index (χ0) is 14.0. The van der Waals surface area contributed by atoms with E-state index in [1.54, 1.807) is 6.21 Å². The molecule has 0 bridgehead atoms. The molecule has 0 spiro atoms. The first kappa shape index (κ1) is 17.1. The number of hydrogen-bond donors (Lipinski definition) is 1. The molecule has 0 aromatic heterocycles. The molecule has 0 saturated heterocycles. The quantitative estimate of drug-likeness (QED) is 0.533. The molecule has 0 fully saturated rings. The molecule has 2 heteroatoms. The Kier molecular flexibility index (Phi) is 8.61. The van der Waals surface area contributed by atoms with Crippen LogP contribution in [0.3, 0.4) is 0 Å².